The molecule has 1 saturated carbocycles. The minimum Gasteiger partial charge on any atom is -0.396 e. The van der Waals surface area contributed by atoms with Crippen molar-refractivity contribution in [3.63, 3.8) is 0 Å². The quantitative estimate of drug-likeness (QED) is 0.784. The number of hydrogen-bond donors (Lipinski definition) is 1. The molecule has 0 aromatic heterocycles. The van der Waals surface area contributed by atoms with Gasteiger partial charge in [0.2, 0.25) is 5.91 Å². The Kier molecular flexibility index (Phi) is 6.97. The molecular weight excluding hydrogens is 264 g/mol. The Labute approximate surface area is 129 Å². The topological polar surface area (TPSA) is 43.8 Å². The van der Waals surface area contributed by atoms with Gasteiger partial charge in [0, 0.05) is 26.2 Å². The zero-order chi connectivity index (χ0) is 15.1. The molecule has 1 N–H and O–H groups in total. The molecule has 2 aliphatic rings. The predicted molar refractivity (Wildman–Crippen MR) is 85.1 cm³/mol. The maximum Gasteiger partial charge on any atom is 0.236 e. The summed E-state index contributed by atoms with van der Waals surface area (Å²) in [6.45, 7) is 2.81. The monoisotopic (exact) mass is 296 g/mol. The molecule has 0 spiro atoms. The summed E-state index contributed by atoms with van der Waals surface area (Å²) in [6.07, 6.45) is 10.9. The second-order valence-corrected chi connectivity index (χ2v) is 6.91. The first-order chi connectivity index (χ1) is 10.2. The minimum absolute atomic E-state index is 0.264. The summed E-state index contributed by atoms with van der Waals surface area (Å²) in [4.78, 5) is 16.7. The lowest BCUT2D eigenvalue weighted by Crippen LogP contribution is -2.42. The standard InChI is InChI=1S/C17H32N2O2/c1-18(13-15-7-3-2-4-8-15)17(21)14-19-11-5-9-16(19)10-6-12-20/h15-16,20H,2-14H2,1H3. The van der Waals surface area contributed by atoms with Gasteiger partial charge in [-0.05, 0) is 51.0 Å². The Balaban J connectivity index is 1.74. The van der Waals surface area contributed by atoms with Crippen molar-refractivity contribution >= 4 is 5.91 Å². The third-order valence-corrected chi connectivity index (χ3v) is 5.22. The number of carbonyl (C=O) groups is 1. The van der Waals surface area contributed by atoms with E-state index in [1.807, 2.05) is 11.9 Å². The van der Waals surface area contributed by atoms with Crippen LogP contribution in [0.1, 0.15) is 57.8 Å². The van der Waals surface area contributed by atoms with Crippen LogP contribution in [0, 0.1) is 5.92 Å². The SMILES string of the molecule is CN(CC1CCCCC1)C(=O)CN1CCCC1CCCO. The van der Waals surface area contributed by atoms with E-state index in [4.69, 9.17) is 5.11 Å². The maximum atomic E-state index is 12.4. The van der Waals surface area contributed by atoms with E-state index in [1.54, 1.807) is 0 Å². The molecule has 2 fully saturated rings. The van der Waals surface area contributed by atoms with Crippen molar-refractivity contribution < 1.29 is 9.90 Å². The number of hydrogen-bond acceptors (Lipinski definition) is 3. The van der Waals surface area contributed by atoms with Crippen LogP contribution in [0.4, 0.5) is 0 Å². The van der Waals surface area contributed by atoms with Crippen LogP contribution in [-0.2, 0) is 4.79 Å². The first kappa shape index (κ1) is 16.8. The predicted octanol–water partition coefficient (Wildman–Crippen LogP) is 2.26. The van der Waals surface area contributed by atoms with Crippen LogP contribution in [0.2, 0.25) is 0 Å². The first-order valence-corrected chi connectivity index (χ1v) is 8.79. The molecule has 0 aromatic rings. The van der Waals surface area contributed by atoms with Gasteiger partial charge in [0.15, 0.2) is 0 Å². The van der Waals surface area contributed by atoms with E-state index >= 15 is 0 Å². The molecule has 4 nitrogen and oxygen atoms in total. The van der Waals surface area contributed by atoms with Crippen LogP contribution < -0.4 is 0 Å². The second kappa shape index (κ2) is 8.74. The maximum absolute atomic E-state index is 12.4. The first-order valence-electron chi connectivity index (χ1n) is 8.79. The lowest BCUT2D eigenvalue weighted by molar-refractivity contribution is -0.132. The Morgan fingerprint density at radius 2 is 1.95 bits per heavy atom. The molecule has 4 heteroatoms. The van der Waals surface area contributed by atoms with E-state index in [-0.39, 0.29) is 12.5 Å². The molecule has 1 heterocycles. The number of rotatable bonds is 7. The summed E-state index contributed by atoms with van der Waals surface area (Å²) in [5.41, 5.74) is 0. The summed E-state index contributed by atoms with van der Waals surface area (Å²) in [5, 5.41) is 8.97. The third kappa shape index (κ3) is 5.26. The molecule has 2 rings (SSSR count). The highest BCUT2D eigenvalue weighted by Crippen LogP contribution is 2.25. The fourth-order valence-electron chi connectivity index (χ4n) is 3.91. The number of amides is 1. The molecule has 1 aliphatic heterocycles. The van der Waals surface area contributed by atoms with Crippen LogP contribution >= 0.6 is 0 Å². The average molecular weight is 296 g/mol. The van der Waals surface area contributed by atoms with Crippen LogP contribution in [0.25, 0.3) is 0 Å². The normalized spacial score (nSPS) is 24.4. The number of likely N-dealkylation sites (tertiary alicyclic amines) is 1. The van der Waals surface area contributed by atoms with Crippen LogP contribution in [0.15, 0.2) is 0 Å². The lowest BCUT2D eigenvalue weighted by atomic mass is 9.89. The molecule has 0 aromatic carbocycles. The van der Waals surface area contributed by atoms with Crippen molar-refractivity contribution in [2.24, 2.45) is 5.92 Å². The third-order valence-electron chi connectivity index (χ3n) is 5.22. The fraction of sp³-hybridized carbons (Fsp3) is 0.941. The zero-order valence-electron chi connectivity index (χ0n) is 13.6. The summed E-state index contributed by atoms with van der Waals surface area (Å²) >= 11 is 0. The number of likely N-dealkylation sites (N-methyl/N-ethyl adjacent to an activating group) is 1. The van der Waals surface area contributed by atoms with Crippen molar-refractivity contribution in [1.82, 2.24) is 9.80 Å². The molecule has 0 bridgehead atoms. The smallest absolute Gasteiger partial charge is 0.236 e. The molecule has 1 unspecified atom stereocenters. The van der Waals surface area contributed by atoms with Gasteiger partial charge in [-0.15, -0.1) is 0 Å². The van der Waals surface area contributed by atoms with Crippen molar-refractivity contribution in [3.05, 3.63) is 0 Å². The van der Waals surface area contributed by atoms with Gasteiger partial charge in [0.1, 0.15) is 0 Å². The van der Waals surface area contributed by atoms with Gasteiger partial charge < -0.3 is 10.0 Å². The molecule has 0 radical (unpaired) electrons. The molecular formula is C17H32N2O2. The van der Waals surface area contributed by atoms with Gasteiger partial charge in [-0.2, -0.15) is 0 Å². The summed E-state index contributed by atoms with van der Waals surface area (Å²) in [7, 11) is 1.97. The van der Waals surface area contributed by atoms with Crippen LogP contribution in [0.3, 0.4) is 0 Å². The lowest BCUT2D eigenvalue weighted by Gasteiger charge is -2.30. The van der Waals surface area contributed by atoms with Gasteiger partial charge in [-0.3, -0.25) is 9.69 Å². The van der Waals surface area contributed by atoms with Gasteiger partial charge in [0.25, 0.3) is 0 Å². The minimum atomic E-state index is 0.264. The van der Waals surface area contributed by atoms with Crippen molar-refractivity contribution in [3.8, 4) is 0 Å². The second-order valence-electron chi connectivity index (χ2n) is 6.91. The number of aliphatic hydroxyl groups excluding tert-OH is 1. The summed E-state index contributed by atoms with van der Waals surface area (Å²) in [6, 6.07) is 0.504. The fourth-order valence-corrected chi connectivity index (χ4v) is 3.91. The molecule has 1 aliphatic carbocycles. The zero-order valence-corrected chi connectivity index (χ0v) is 13.6. The Morgan fingerprint density at radius 3 is 2.67 bits per heavy atom. The summed E-state index contributed by atoms with van der Waals surface area (Å²) in [5.74, 6) is 0.993. The Hall–Kier alpha value is -0.610. The molecule has 1 saturated heterocycles. The van der Waals surface area contributed by atoms with Gasteiger partial charge in [0.05, 0.1) is 6.54 Å². The Bertz CT molecular complexity index is 316. The van der Waals surface area contributed by atoms with E-state index in [0.717, 1.165) is 31.8 Å². The molecule has 1 amide bonds. The highest BCUT2D eigenvalue weighted by atomic mass is 16.3. The number of aliphatic hydroxyl groups is 1. The Morgan fingerprint density at radius 1 is 1.19 bits per heavy atom. The largest absolute Gasteiger partial charge is 0.396 e. The van der Waals surface area contributed by atoms with Crippen LogP contribution in [-0.4, -0.2) is 60.1 Å². The van der Waals surface area contributed by atoms with E-state index < -0.39 is 0 Å². The molecule has 1 atom stereocenters. The van der Waals surface area contributed by atoms with Gasteiger partial charge in [-0.1, -0.05) is 19.3 Å². The summed E-state index contributed by atoms with van der Waals surface area (Å²) < 4.78 is 0. The average Bonchev–Trinajstić information content (AvgIpc) is 2.93. The van der Waals surface area contributed by atoms with Crippen LogP contribution in [0.5, 0.6) is 0 Å². The highest BCUT2D eigenvalue weighted by molar-refractivity contribution is 5.78. The van der Waals surface area contributed by atoms with E-state index in [2.05, 4.69) is 4.90 Å². The highest BCUT2D eigenvalue weighted by Gasteiger charge is 2.27. The number of nitrogens with zero attached hydrogens (tertiary/aromatic N) is 2. The molecule has 122 valence electrons. The van der Waals surface area contributed by atoms with Crippen molar-refractivity contribution in [2.45, 2.75) is 63.8 Å². The van der Waals surface area contributed by atoms with Gasteiger partial charge in [-0.25, -0.2) is 0 Å². The van der Waals surface area contributed by atoms with Crippen molar-refractivity contribution in [1.29, 1.82) is 0 Å². The van der Waals surface area contributed by atoms with E-state index in [0.29, 0.717) is 12.6 Å². The molecule has 21 heavy (non-hydrogen) atoms. The van der Waals surface area contributed by atoms with Crippen molar-refractivity contribution in [2.75, 3.05) is 33.3 Å². The van der Waals surface area contributed by atoms with Gasteiger partial charge >= 0.3 is 0 Å². The van der Waals surface area contributed by atoms with E-state index in [1.165, 1.54) is 44.9 Å². The van der Waals surface area contributed by atoms with E-state index in [9.17, 15) is 4.79 Å². The number of carbonyl (C=O) groups excluding carboxylic acids is 1.